The predicted molar refractivity (Wildman–Crippen MR) is 66.6 cm³/mol. The molecular weight excluding hydrogens is 280 g/mol. The quantitative estimate of drug-likeness (QED) is 0.409. The second kappa shape index (κ2) is 5.29. The molecule has 1 aliphatic heterocycles. The average molecular weight is 298 g/mol. The maximum atomic E-state index is 12.2. The SMILES string of the molecule is CCC(=O)OC1C2CC3C1OC(=O)C3C2C(=O)OCOC. The van der Waals surface area contributed by atoms with Gasteiger partial charge in [-0.2, -0.15) is 0 Å². The Bertz CT molecular complexity index is 474. The summed E-state index contributed by atoms with van der Waals surface area (Å²) in [5.41, 5.74) is 0. The number of hydrogen-bond acceptors (Lipinski definition) is 7. The number of fused-ring (bicyclic) bond motifs is 1. The van der Waals surface area contributed by atoms with E-state index in [1.807, 2.05) is 0 Å². The predicted octanol–water partition coefficient (Wildman–Crippen LogP) is 0.263. The van der Waals surface area contributed by atoms with Crippen LogP contribution in [-0.2, 0) is 33.3 Å². The second-order valence-electron chi connectivity index (χ2n) is 5.69. The van der Waals surface area contributed by atoms with E-state index in [1.54, 1.807) is 6.92 Å². The number of carbonyl (C=O) groups excluding carboxylic acids is 3. The molecule has 3 aliphatic rings. The molecule has 0 spiro atoms. The van der Waals surface area contributed by atoms with Crippen molar-refractivity contribution in [1.82, 2.24) is 0 Å². The zero-order valence-corrected chi connectivity index (χ0v) is 11.9. The maximum absolute atomic E-state index is 12.2. The number of rotatable bonds is 5. The fourth-order valence-electron chi connectivity index (χ4n) is 3.92. The highest BCUT2D eigenvalue weighted by Crippen LogP contribution is 2.58. The molecule has 116 valence electrons. The Morgan fingerprint density at radius 3 is 2.76 bits per heavy atom. The monoisotopic (exact) mass is 298 g/mol. The molecule has 2 aliphatic carbocycles. The van der Waals surface area contributed by atoms with Gasteiger partial charge in [0.25, 0.3) is 0 Å². The van der Waals surface area contributed by atoms with Crippen molar-refractivity contribution in [3.8, 4) is 0 Å². The van der Waals surface area contributed by atoms with E-state index in [-0.39, 0.29) is 37.0 Å². The van der Waals surface area contributed by atoms with Crippen molar-refractivity contribution in [3.63, 3.8) is 0 Å². The molecule has 6 atom stereocenters. The lowest BCUT2D eigenvalue weighted by molar-refractivity contribution is -0.170. The molecule has 0 aromatic rings. The molecule has 6 unspecified atom stereocenters. The van der Waals surface area contributed by atoms with E-state index in [9.17, 15) is 14.4 Å². The molecule has 21 heavy (non-hydrogen) atoms. The van der Waals surface area contributed by atoms with Gasteiger partial charge in [0.15, 0.2) is 6.79 Å². The first-order chi connectivity index (χ1) is 10.1. The molecule has 3 fully saturated rings. The molecule has 0 aromatic heterocycles. The van der Waals surface area contributed by atoms with Crippen LogP contribution in [0.4, 0.5) is 0 Å². The molecule has 3 rings (SSSR count). The van der Waals surface area contributed by atoms with Crippen LogP contribution in [0.5, 0.6) is 0 Å². The number of esters is 3. The molecule has 0 N–H and O–H groups in total. The third-order valence-electron chi connectivity index (χ3n) is 4.69. The third kappa shape index (κ3) is 2.10. The summed E-state index contributed by atoms with van der Waals surface area (Å²) in [6.45, 7) is 1.54. The van der Waals surface area contributed by atoms with Gasteiger partial charge in [0.2, 0.25) is 0 Å². The first-order valence-corrected chi connectivity index (χ1v) is 7.14. The second-order valence-corrected chi connectivity index (χ2v) is 5.69. The van der Waals surface area contributed by atoms with Crippen LogP contribution in [-0.4, -0.2) is 44.0 Å². The summed E-state index contributed by atoms with van der Waals surface area (Å²) in [4.78, 5) is 35.7. The Hall–Kier alpha value is -1.63. The number of carbonyl (C=O) groups is 3. The van der Waals surface area contributed by atoms with Crippen LogP contribution in [0.15, 0.2) is 0 Å². The van der Waals surface area contributed by atoms with Crippen molar-refractivity contribution >= 4 is 17.9 Å². The van der Waals surface area contributed by atoms with Gasteiger partial charge in [-0.15, -0.1) is 0 Å². The maximum Gasteiger partial charge on any atom is 0.312 e. The Balaban J connectivity index is 1.80. The van der Waals surface area contributed by atoms with Crippen LogP contribution in [0.25, 0.3) is 0 Å². The fraction of sp³-hybridized carbons (Fsp3) is 0.786. The molecule has 2 bridgehead atoms. The van der Waals surface area contributed by atoms with Crippen molar-refractivity contribution in [2.45, 2.75) is 32.0 Å². The first kappa shape index (κ1) is 14.3. The van der Waals surface area contributed by atoms with Gasteiger partial charge < -0.3 is 18.9 Å². The van der Waals surface area contributed by atoms with Crippen molar-refractivity contribution < 1.29 is 33.3 Å². The van der Waals surface area contributed by atoms with Gasteiger partial charge >= 0.3 is 17.9 Å². The topological polar surface area (TPSA) is 88.1 Å². The minimum Gasteiger partial charge on any atom is -0.458 e. The van der Waals surface area contributed by atoms with Crippen molar-refractivity contribution in [2.75, 3.05) is 13.9 Å². The number of methoxy groups -OCH3 is 1. The van der Waals surface area contributed by atoms with Gasteiger partial charge in [-0.3, -0.25) is 14.4 Å². The minimum absolute atomic E-state index is 0.0581. The highest BCUT2D eigenvalue weighted by Gasteiger charge is 2.70. The third-order valence-corrected chi connectivity index (χ3v) is 4.69. The van der Waals surface area contributed by atoms with E-state index in [2.05, 4.69) is 0 Å². The molecule has 0 radical (unpaired) electrons. The normalized spacial score (nSPS) is 39.2. The molecular formula is C14H18O7. The highest BCUT2D eigenvalue weighted by molar-refractivity contribution is 5.86. The summed E-state index contributed by atoms with van der Waals surface area (Å²) < 4.78 is 20.4. The van der Waals surface area contributed by atoms with Gasteiger partial charge in [0.05, 0.1) is 11.8 Å². The van der Waals surface area contributed by atoms with Gasteiger partial charge in [0, 0.05) is 25.4 Å². The summed E-state index contributed by atoms with van der Waals surface area (Å²) in [5.74, 6) is -2.57. The van der Waals surface area contributed by atoms with E-state index in [4.69, 9.17) is 18.9 Å². The molecule has 7 nitrogen and oxygen atoms in total. The van der Waals surface area contributed by atoms with Gasteiger partial charge in [0.1, 0.15) is 12.2 Å². The van der Waals surface area contributed by atoms with Crippen LogP contribution in [0.2, 0.25) is 0 Å². The lowest BCUT2D eigenvalue weighted by atomic mass is 9.78. The number of ether oxygens (including phenoxy) is 4. The van der Waals surface area contributed by atoms with E-state index in [1.165, 1.54) is 7.11 Å². The lowest BCUT2D eigenvalue weighted by Crippen LogP contribution is -2.43. The van der Waals surface area contributed by atoms with Crippen molar-refractivity contribution in [1.29, 1.82) is 0 Å². The van der Waals surface area contributed by atoms with Crippen molar-refractivity contribution in [2.24, 2.45) is 23.7 Å². The molecule has 0 amide bonds. The molecule has 1 saturated heterocycles. The Morgan fingerprint density at radius 1 is 1.33 bits per heavy atom. The summed E-state index contributed by atoms with van der Waals surface area (Å²) in [6.07, 6.45) is -0.0496. The van der Waals surface area contributed by atoms with Crippen LogP contribution in [0, 0.1) is 23.7 Å². The van der Waals surface area contributed by atoms with E-state index >= 15 is 0 Å². The smallest absolute Gasteiger partial charge is 0.312 e. The average Bonchev–Trinajstić information content (AvgIpc) is 3.07. The highest BCUT2D eigenvalue weighted by atomic mass is 16.7. The van der Waals surface area contributed by atoms with Crippen LogP contribution < -0.4 is 0 Å². The largest absolute Gasteiger partial charge is 0.458 e. The molecule has 2 saturated carbocycles. The van der Waals surface area contributed by atoms with Crippen molar-refractivity contribution in [3.05, 3.63) is 0 Å². The molecule has 0 aromatic carbocycles. The Kier molecular flexibility index (Phi) is 3.61. The van der Waals surface area contributed by atoms with Gasteiger partial charge in [-0.05, 0) is 6.42 Å². The van der Waals surface area contributed by atoms with Crippen LogP contribution in [0.3, 0.4) is 0 Å². The van der Waals surface area contributed by atoms with E-state index in [0.717, 1.165) is 0 Å². The van der Waals surface area contributed by atoms with Gasteiger partial charge in [-0.25, -0.2) is 0 Å². The minimum atomic E-state index is -0.606. The number of hydrogen-bond donors (Lipinski definition) is 0. The first-order valence-electron chi connectivity index (χ1n) is 7.14. The summed E-state index contributed by atoms with van der Waals surface area (Å²) >= 11 is 0. The summed E-state index contributed by atoms with van der Waals surface area (Å²) in [7, 11) is 1.42. The van der Waals surface area contributed by atoms with Crippen LogP contribution >= 0.6 is 0 Å². The zero-order chi connectivity index (χ0) is 15.1. The van der Waals surface area contributed by atoms with Crippen LogP contribution in [0.1, 0.15) is 19.8 Å². The Morgan fingerprint density at radius 2 is 2.10 bits per heavy atom. The zero-order valence-electron chi connectivity index (χ0n) is 11.9. The summed E-state index contributed by atoms with van der Waals surface area (Å²) in [6, 6.07) is 0. The van der Waals surface area contributed by atoms with Gasteiger partial charge in [-0.1, -0.05) is 6.92 Å². The fourth-order valence-corrected chi connectivity index (χ4v) is 3.92. The van der Waals surface area contributed by atoms with E-state index < -0.39 is 30.0 Å². The lowest BCUT2D eigenvalue weighted by Gasteiger charge is -2.29. The standard InChI is InChI=1S/C14H18O7/c1-3-8(15)20-11-6-4-7-10(14(17)21-12(7)11)9(6)13(16)19-5-18-2/h6-7,9-12H,3-5H2,1-2H3. The van der Waals surface area contributed by atoms with E-state index in [0.29, 0.717) is 6.42 Å². The molecule has 1 heterocycles. The molecule has 7 heteroatoms. The summed E-state index contributed by atoms with van der Waals surface area (Å²) in [5, 5.41) is 0. The Labute approximate surface area is 121 Å².